The van der Waals surface area contributed by atoms with Gasteiger partial charge in [0.2, 0.25) is 11.8 Å². The summed E-state index contributed by atoms with van der Waals surface area (Å²) in [5, 5.41) is -4.62. The van der Waals surface area contributed by atoms with Crippen LogP contribution in [0.5, 0.6) is 0 Å². The molecule has 3 heterocycles. The van der Waals surface area contributed by atoms with Crippen molar-refractivity contribution in [3.05, 3.63) is 102 Å². The van der Waals surface area contributed by atoms with Crippen LogP contribution >= 0.6 is 11.8 Å². The molecule has 0 N–H and O–H groups in total. The summed E-state index contributed by atoms with van der Waals surface area (Å²) >= 11 is -0.315. The van der Waals surface area contributed by atoms with Crippen molar-refractivity contribution in [2.24, 2.45) is 16.7 Å². The number of hydrogen-bond acceptors (Lipinski definition) is 8. The first-order chi connectivity index (χ1) is 28.0. The number of thioether (sulfide) groups is 1. The third-order valence-corrected chi connectivity index (χ3v) is 10.0. The molecule has 6 radical (unpaired) electrons. The number of carbonyl (C=O) groups is 4. The summed E-state index contributed by atoms with van der Waals surface area (Å²) in [7, 11) is 14.0. The number of carbonyl (C=O) groups excluding carboxylic acids is 4. The number of benzene rings is 3. The minimum absolute atomic E-state index is 0.0694. The molecule has 9 nitrogen and oxygen atoms in total. The summed E-state index contributed by atoms with van der Waals surface area (Å²) in [6, 6.07) is 23.5. The van der Waals surface area contributed by atoms with E-state index in [1.54, 1.807) is 36.4 Å². The topological polar surface area (TPSA) is 102 Å². The minimum atomic E-state index is -4.77. The molecule has 4 amide bonds. The highest BCUT2D eigenvalue weighted by Gasteiger charge is 2.68. The van der Waals surface area contributed by atoms with E-state index in [1.165, 1.54) is 62.8 Å². The number of rotatable bonds is 8. The molecule has 3 aromatic rings. The number of ether oxygens (including phenoxy) is 3. The van der Waals surface area contributed by atoms with Crippen LogP contribution in [0.1, 0.15) is 84.0 Å². The van der Waals surface area contributed by atoms with Gasteiger partial charge in [0.15, 0.2) is 0 Å². The molecular weight excluding hydrogens is 796 g/mol. The Labute approximate surface area is 359 Å². The average Bonchev–Trinajstić information content (AvgIpc) is 3.94. The van der Waals surface area contributed by atoms with Crippen molar-refractivity contribution in [3.63, 3.8) is 0 Å². The highest BCUT2D eigenvalue weighted by Crippen LogP contribution is 2.55. The van der Waals surface area contributed by atoms with Gasteiger partial charge < -0.3 is 14.2 Å². The number of cyclic esters (lactones) is 2. The highest BCUT2D eigenvalue weighted by atomic mass is 32.2. The van der Waals surface area contributed by atoms with Crippen LogP contribution in [0.25, 0.3) is 0 Å². The van der Waals surface area contributed by atoms with E-state index in [1.807, 2.05) is 51.1 Å². The molecule has 0 saturated carbocycles. The van der Waals surface area contributed by atoms with Crippen LogP contribution in [0.3, 0.4) is 0 Å². The molecule has 3 saturated heterocycles. The predicted octanol–water partition coefficient (Wildman–Crippen LogP) is 8.81. The molecule has 3 atom stereocenters. The molecule has 60 heavy (non-hydrogen) atoms. The maximum atomic E-state index is 15.4. The fourth-order valence-electron chi connectivity index (χ4n) is 6.33. The number of hydrogen-bond donors (Lipinski definition) is 0. The van der Waals surface area contributed by atoms with Crippen LogP contribution in [0, 0.1) is 16.7 Å². The molecule has 3 aliphatic rings. The third kappa shape index (κ3) is 14.5. The van der Waals surface area contributed by atoms with Gasteiger partial charge in [0.05, 0.1) is 0 Å². The smallest absolute Gasteiger partial charge is 0.417 e. The summed E-state index contributed by atoms with van der Waals surface area (Å²) < 4.78 is 75.7. The van der Waals surface area contributed by atoms with Crippen LogP contribution < -0.4 is 0 Å². The standard InChI is InChI=1S/C23H23F4NO3S.C15H19NO3.C4H8O.B4/c1-21(2,3)18(22(24,25)23(26,27)32-16-12-8-5-9-13-16)19(29)28-17(14-31-20(28)30)15-10-6-4-7-11-15;1-15(2,3)9-13(17)16-12(10-19-14(16)18)11-7-5-4-6-8-11;1-2-4-5-3-1;1-4(2)3/h4-13,17-18H,14H2,1-3H3;4-8,12H,9-10H2,1-3H3;1-4H2;/t17-,18?;12-;;/m00../s1. The van der Waals surface area contributed by atoms with Crippen molar-refractivity contribution in [1.29, 1.82) is 0 Å². The second kappa shape index (κ2) is 22.1. The van der Waals surface area contributed by atoms with Crippen molar-refractivity contribution in [2.45, 2.75) is 89.0 Å². The van der Waals surface area contributed by atoms with Gasteiger partial charge in [0.1, 0.15) is 31.2 Å². The fraction of sp³-hybridized carbons (Fsp3) is 0.476. The first-order valence-corrected chi connectivity index (χ1v) is 20.2. The zero-order valence-corrected chi connectivity index (χ0v) is 35.6. The van der Waals surface area contributed by atoms with Gasteiger partial charge in [-0.25, -0.2) is 19.4 Å². The third-order valence-electron chi connectivity index (χ3n) is 8.98. The Hall–Kier alpha value is -4.17. The molecule has 18 heteroatoms. The molecule has 3 aliphatic heterocycles. The van der Waals surface area contributed by atoms with Gasteiger partial charge in [-0.2, -0.15) is 17.6 Å². The molecule has 6 rings (SSSR count). The van der Waals surface area contributed by atoms with E-state index in [0.717, 1.165) is 18.8 Å². The number of imide groups is 2. The van der Waals surface area contributed by atoms with Gasteiger partial charge >= 0.3 is 23.4 Å². The van der Waals surface area contributed by atoms with E-state index in [0.29, 0.717) is 16.9 Å². The van der Waals surface area contributed by atoms with Gasteiger partial charge in [-0.05, 0) is 58.7 Å². The van der Waals surface area contributed by atoms with E-state index in [4.69, 9.17) is 14.2 Å². The number of amides is 4. The maximum Gasteiger partial charge on any atom is 0.417 e. The van der Waals surface area contributed by atoms with Crippen LogP contribution in [-0.2, 0) is 23.8 Å². The average molecular weight is 846 g/mol. The van der Waals surface area contributed by atoms with Gasteiger partial charge in [-0.1, -0.05) is 120 Å². The Morgan fingerprint density at radius 3 is 1.50 bits per heavy atom. The zero-order chi connectivity index (χ0) is 44.9. The lowest BCUT2D eigenvalue weighted by Crippen LogP contribution is -2.56. The fourth-order valence-corrected chi connectivity index (χ4v) is 7.18. The van der Waals surface area contributed by atoms with Crippen LogP contribution in [0.4, 0.5) is 27.2 Å². The predicted molar refractivity (Wildman–Crippen MR) is 227 cm³/mol. The molecule has 0 bridgehead atoms. The van der Waals surface area contributed by atoms with Gasteiger partial charge in [-0.15, -0.1) is 0 Å². The minimum Gasteiger partial charge on any atom is -0.446 e. The highest BCUT2D eigenvalue weighted by molar-refractivity contribution is 8.00. The summed E-state index contributed by atoms with van der Waals surface area (Å²) in [5.41, 5.74) is -0.337. The Bertz CT molecular complexity index is 1830. The lowest BCUT2D eigenvalue weighted by atomic mass is 9.08. The Morgan fingerprint density at radius 2 is 1.12 bits per heavy atom. The van der Waals surface area contributed by atoms with Crippen LogP contribution in [0.15, 0.2) is 95.9 Å². The maximum absolute atomic E-state index is 15.4. The second-order valence-corrected chi connectivity index (χ2v) is 17.7. The first-order valence-electron chi connectivity index (χ1n) is 19.4. The quantitative estimate of drug-likeness (QED) is 0.126. The van der Waals surface area contributed by atoms with Crippen molar-refractivity contribution in [2.75, 3.05) is 26.4 Å². The largest absolute Gasteiger partial charge is 0.446 e. The lowest BCUT2D eigenvalue weighted by molar-refractivity contribution is -0.211. The van der Waals surface area contributed by atoms with E-state index in [-0.39, 0.29) is 47.2 Å². The molecule has 0 aromatic heterocycles. The zero-order valence-electron chi connectivity index (χ0n) is 34.8. The van der Waals surface area contributed by atoms with E-state index in [2.05, 4.69) is 23.2 Å². The summed E-state index contributed by atoms with van der Waals surface area (Å²) in [4.78, 5) is 51.5. The second-order valence-electron chi connectivity index (χ2n) is 16.5. The van der Waals surface area contributed by atoms with Gasteiger partial charge in [-0.3, -0.25) is 9.59 Å². The van der Waals surface area contributed by atoms with Crippen LogP contribution in [0.2, 0.25) is 0 Å². The normalized spacial score (nSPS) is 18.4. The molecular formula is C42H50B4F4N2O7S. The molecule has 0 aliphatic carbocycles. The Kier molecular flexibility index (Phi) is 18.5. The number of nitrogens with zero attached hydrogens (tertiary/aromatic N) is 2. The molecule has 0 spiro atoms. The van der Waals surface area contributed by atoms with Gasteiger partial charge in [0, 0.05) is 54.1 Å². The first kappa shape index (κ1) is 50.2. The summed E-state index contributed by atoms with van der Waals surface area (Å²) in [6.07, 6.45) is 0.543. The molecule has 1 unspecified atom stereocenters. The summed E-state index contributed by atoms with van der Waals surface area (Å²) in [6.45, 7) is 11.7. The number of alkyl halides is 4. The van der Waals surface area contributed by atoms with Crippen molar-refractivity contribution >= 4 is 65.4 Å². The molecule has 3 fully saturated rings. The lowest BCUT2D eigenvalue weighted by Gasteiger charge is -2.40. The molecule has 3 aromatic carbocycles. The van der Waals surface area contributed by atoms with E-state index >= 15 is 8.78 Å². The SMILES string of the molecule is C1CCOC1.CC(C)(C)C(C(=O)N1C(=O)OC[C@H]1c1ccccc1)C(F)(F)C(F)(F)Sc1ccccc1.CC(C)(C)CC(=O)N1C(=O)OC[C@H]1c1ccccc1.[B]B([B])[B]. The van der Waals surface area contributed by atoms with Crippen molar-refractivity contribution in [3.8, 4) is 0 Å². The van der Waals surface area contributed by atoms with Crippen LogP contribution in [-0.4, -0.2) is 101 Å². The summed E-state index contributed by atoms with van der Waals surface area (Å²) in [5.74, 6) is -8.83. The van der Waals surface area contributed by atoms with Crippen molar-refractivity contribution < 1.29 is 51.0 Å². The number of halogens is 4. The van der Waals surface area contributed by atoms with Crippen molar-refractivity contribution in [1.82, 2.24) is 9.80 Å². The Balaban J connectivity index is 0.000000286. The van der Waals surface area contributed by atoms with Gasteiger partial charge in [0.25, 0.3) is 0 Å². The van der Waals surface area contributed by atoms with E-state index < -0.39 is 53.0 Å². The molecule has 316 valence electrons. The Morgan fingerprint density at radius 1 is 0.717 bits per heavy atom. The van der Waals surface area contributed by atoms with E-state index in [9.17, 15) is 28.0 Å². The monoisotopic (exact) mass is 846 g/mol.